The van der Waals surface area contributed by atoms with Gasteiger partial charge >= 0.3 is 5.97 Å². The second-order valence-electron chi connectivity index (χ2n) is 3.99. The van der Waals surface area contributed by atoms with E-state index in [4.69, 9.17) is 10.8 Å². The van der Waals surface area contributed by atoms with Crippen molar-refractivity contribution < 1.29 is 14.3 Å². The topological polar surface area (TPSA) is 68.2 Å². The number of nitrogens with zero attached hydrogens (tertiary/aromatic N) is 1. The number of halogens is 1. The summed E-state index contributed by atoms with van der Waals surface area (Å²) in [6.07, 6.45) is 2.01. The Bertz CT molecular complexity index is 548. The SMILES string of the molecule is NC(Cc1cccn1-c1ccc(F)cc1)C(=O)O. The van der Waals surface area contributed by atoms with E-state index in [1.165, 1.54) is 12.1 Å². The average Bonchev–Trinajstić information content (AvgIpc) is 2.78. The molecule has 0 spiro atoms. The minimum absolute atomic E-state index is 0.222. The van der Waals surface area contributed by atoms with Crippen LogP contribution in [0.1, 0.15) is 5.69 Å². The summed E-state index contributed by atoms with van der Waals surface area (Å²) in [5.41, 5.74) is 7.05. The molecule has 2 rings (SSSR count). The maximum atomic E-state index is 12.8. The smallest absolute Gasteiger partial charge is 0.320 e. The quantitative estimate of drug-likeness (QED) is 0.863. The van der Waals surface area contributed by atoms with Gasteiger partial charge in [0.25, 0.3) is 0 Å². The van der Waals surface area contributed by atoms with E-state index >= 15 is 0 Å². The van der Waals surface area contributed by atoms with Gasteiger partial charge in [-0.3, -0.25) is 4.79 Å². The van der Waals surface area contributed by atoms with Crippen molar-refractivity contribution >= 4 is 5.97 Å². The number of carbonyl (C=O) groups is 1. The number of benzene rings is 1. The van der Waals surface area contributed by atoms with Gasteiger partial charge in [0, 0.05) is 24.0 Å². The molecule has 0 amide bonds. The van der Waals surface area contributed by atoms with Gasteiger partial charge in [0.1, 0.15) is 11.9 Å². The normalized spacial score (nSPS) is 12.3. The standard InChI is InChI=1S/C13H13FN2O2/c14-9-3-5-10(6-4-9)16-7-1-2-11(16)8-12(15)13(17)18/h1-7,12H,8,15H2,(H,17,18). The Kier molecular flexibility index (Phi) is 3.43. The Labute approximate surface area is 103 Å². The number of aromatic nitrogens is 1. The molecule has 3 N–H and O–H groups in total. The van der Waals surface area contributed by atoms with Gasteiger partial charge in [-0.25, -0.2) is 4.39 Å². The highest BCUT2D eigenvalue weighted by Crippen LogP contribution is 2.14. The molecule has 18 heavy (non-hydrogen) atoms. The molecule has 4 nitrogen and oxygen atoms in total. The predicted molar refractivity (Wildman–Crippen MR) is 65.0 cm³/mol. The number of nitrogens with two attached hydrogens (primary N) is 1. The van der Waals surface area contributed by atoms with Gasteiger partial charge < -0.3 is 15.4 Å². The summed E-state index contributed by atoms with van der Waals surface area (Å²) in [6, 6.07) is 8.63. The molecule has 5 heteroatoms. The van der Waals surface area contributed by atoms with Crippen molar-refractivity contribution in [3.63, 3.8) is 0 Å². The molecule has 0 aliphatic rings. The van der Waals surface area contributed by atoms with Crippen LogP contribution in [0.15, 0.2) is 42.6 Å². The van der Waals surface area contributed by atoms with Crippen LogP contribution in [0.25, 0.3) is 5.69 Å². The maximum Gasteiger partial charge on any atom is 0.320 e. The molecule has 0 aliphatic carbocycles. The summed E-state index contributed by atoms with van der Waals surface area (Å²) >= 11 is 0. The summed E-state index contributed by atoms with van der Waals surface area (Å²) < 4.78 is 14.6. The molecule has 0 saturated carbocycles. The molecule has 2 aromatic rings. The Balaban J connectivity index is 2.27. The van der Waals surface area contributed by atoms with Crippen LogP contribution in [0.5, 0.6) is 0 Å². The number of aliphatic carboxylic acids is 1. The highest BCUT2D eigenvalue weighted by atomic mass is 19.1. The lowest BCUT2D eigenvalue weighted by Gasteiger charge is -2.11. The molecule has 0 radical (unpaired) electrons. The first-order valence-electron chi connectivity index (χ1n) is 5.48. The van der Waals surface area contributed by atoms with Crippen LogP contribution in [-0.4, -0.2) is 21.7 Å². The number of carboxylic acids is 1. The number of rotatable bonds is 4. The molecule has 1 unspecified atom stereocenters. The molecule has 1 heterocycles. The van der Waals surface area contributed by atoms with Crippen molar-refractivity contribution in [1.82, 2.24) is 4.57 Å². The molecule has 0 bridgehead atoms. The summed E-state index contributed by atoms with van der Waals surface area (Å²) in [6.45, 7) is 0. The van der Waals surface area contributed by atoms with Crippen LogP contribution in [0.4, 0.5) is 4.39 Å². The monoisotopic (exact) mass is 248 g/mol. The Morgan fingerprint density at radius 1 is 1.33 bits per heavy atom. The summed E-state index contributed by atoms with van der Waals surface area (Å²) in [4.78, 5) is 10.7. The van der Waals surface area contributed by atoms with Gasteiger partial charge in [0.2, 0.25) is 0 Å². The van der Waals surface area contributed by atoms with E-state index in [2.05, 4.69) is 0 Å². The van der Waals surface area contributed by atoms with Gasteiger partial charge in [-0.2, -0.15) is 0 Å². The number of carboxylic acid groups (broad SMARTS) is 1. The van der Waals surface area contributed by atoms with Crippen molar-refractivity contribution in [2.45, 2.75) is 12.5 Å². The van der Waals surface area contributed by atoms with Crippen molar-refractivity contribution in [3.05, 3.63) is 54.1 Å². The third-order valence-corrected chi connectivity index (χ3v) is 2.68. The molecular weight excluding hydrogens is 235 g/mol. The first kappa shape index (κ1) is 12.3. The third kappa shape index (κ3) is 2.57. The zero-order valence-electron chi connectivity index (χ0n) is 9.58. The van der Waals surface area contributed by atoms with E-state index < -0.39 is 12.0 Å². The fourth-order valence-electron chi connectivity index (χ4n) is 1.75. The Hall–Kier alpha value is -2.14. The van der Waals surface area contributed by atoms with E-state index in [1.807, 2.05) is 0 Å². The van der Waals surface area contributed by atoms with E-state index in [-0.39, 0.29) is 12.2 Å². The highest BCUT2D eigenvalue weighted by Gasteiger charge is 2.14. The molecule has 0 saturated heterocycles. The van der Waals surface area contributed by atoms with E-state index in [1.54, 1.807) is 35.0 Å². The lowest BCUT2D eigenvalue weighted by Crippen LogP contribution is -2.32. The second-order valence-corrected chi connectivity index (χ2v) is 3.99. The average molecular weight is 248 g/mol. The molecule has 1 atom stereocenters. The maximum absolute atomic E-state index is 12.8. The highest BCUT2D eigenvalue weighted by molar-refractivity contribution is 5.73. The first-order valence-corrected chi connectivity index (χ1v) is 5.48. The number of hydrogen-bond donors (Lipinski definition) is 2. The minimum atomic E-state index is -1.04. The van der Waals surface area contributed by atoms with Crippen LogP contribution < -0.4 is 5.73 Å². The third-order valence-electron chi connectivity index (χ3n) is 2.68. The fraction of sp³-hybridized carbons (Fsp3) is 0.154. The summed E-state index contributed by atoms with van der Waals surface area (Å²) in [7, 11) is 0. The van der Waals surface area contributed by atoms with E-state index in [0.29, 0.717) is 0 Å². The second kappa shape index (κ2) is 5.01. The van der Waals surface area contributed by atoms with Gasteiger partial charge in [-0.1, -0.05) is 0 Å². The van der Waals surface area contributed by atoms with Crippen molar-refractivity contribution in [3.8, 4) is 5.69 Å². The molecule has 1 aromatic carbocycles. The van der Waals surface area contributed by atoms with Crippen molar-refractivity contribution in [2.75, 3.05) is 0 Å². The van der Waals surface area contributed by atoms with Crippen LogP contribution in [-0.2, 0) is 11.2 Å². The minimum Gasteiger partial charge on any atom is -0.480 e. The van der Waals surface area contributed by atoms with E-state index in [9.17, 15) is 9.18 Å². The zero-order chi connectivity index (χ0) is 13.1. The van der Waals surface area contributed by atoms with Crippen LogP contribution in [0.3, 0.4) is 0 Å². The Morgan fingerprint density at radius 2 is 2.00 bits per heavy atom. The van der Waals surface area contributed by atoms with Crippen LogP contribution >= 0.6 is 0 Å². The first-order chi connectivity index (χ1) is 8.58. The van der Waals surface area contributed by atoms with Crippen molar-refractivity contribution in [1.29, 1.82) is 0 Å². The van der Waals surface area contributed by atoms with E-state index in [0.717, 1.165) is 11.4 Å². The predicted octanol–water partition coefficient (Wildman–Crippen LogP) is 1.57. The van der Waals surface area contributed by atoms with Gasteiger partial charge in [-0.15, -0.1) is 0 Å². The lowest BCUT2D eigenvalue weighted by molar-refractivity contribution is -0.138. The molecular formula is C13H13FN2O2. The summed E-state index contributed by atoms with van der Waals surface area (Å²) in [5, 5.41) is 8.79. The molecule has 0 fully saturated rings. The van der Waals surface area contributed by atoms with Crippen molar-refractivity contribution in [2.24, 2.45) is 5.73 Å². The fourth-order valence-corrected chi connectivity index (χ4v) is 1.75. The Morgan fingerprint density at radius 3 is 2.61 bits per heavy atom. The number of hydrogen-bond acceptors (Lipinski definition) is 2. The van der Waals surface area contributed by atoms with Gasteiger partial charge in [-0.05, 0) is 36.4 Å². The molecule has 94 valence electrons. The molecule has 1 aromatic heterocycles. The van der Waals surface area contributed by atoms with Gasteiger partial charge in [0.15, 0.2) is 0 Å². The van der Waals surface area contributed by atoms with Gasteiger partial charge in [0.05, 0.1) is 0 Å². The molecule has 0 aliphatic heterocycles. The largest absolute Gasteiger partial charge is 0.480 e. The zero-order valence-corrected chi connectivity index (χ0v) is 9.58. The van der Waals surface area contributed by atoms with Crippen LogP contribution in [0.2, 0.25) is 0 Å². The summed E-state index contributed by atoms with van der Waals surface area (Å²) in [5.74, 6) is -1.35. The lowest BCUT2D eigenvalue weighted by atomic mass is 10.1. The van der Waals surface area contributed by atoms with Crippen LogP contribution in [0, 0.1) is 5.82 Å².